The van der Waals surface area contributed by atoms with Gasteiger partial charge in [0.2, 0.25) is 0 Å². The highest BCUT2D eigenvalue weighted by Gasteiger charge is 2.26. The van der Waals surface area contributed by atoms with Crippen molar-refractivity contribution in [3.8, 4) is 0 Å². The summed E-state index contributed by atoms with van der Waals surface area (Å²) in [7, 11) is 0. The molecule has 2 unspecified atom stereocenters. The quantitative estimate of drug-likeness (QED) is 0.491. The van der Waals surface area contributed by atoms with E-state index in [0.717, 1.165) is 23.9 Å². The van der Waals surface area contributed by atoms with E-state index in [4.69, 9.17) is 9.47 Å². The summed E-state index contributed by atoms with van der Waals surface area (Å²) in [6, 6.07) is 0. The minimum atomic E-state index is 0.500. The maximum Gasteiger partial charge on any atom is 0.0994 e. The van der Waals surface area contributed by atoms with Crippen LogP contribution >= 0.6 is 0 Å². The standard InChI is InChI=1S/C22H38O2/c1-16(2)18(4)23-19(5)17(3)14-20-10-9-13-22(15-20)24-21-11-7-6-8-12-21/h20-22H,6-15H2,1-5H3/b19-17-. The first-order chi connectivity index (χ1) is 11.5. The Hall–Kier alpha value is -0.760. The average molecular weight is 335 g/mol. The van der Waals surface area contributed by atoms with Crippen molar-refractivity contribution in [1.29, 1.82) is 0 Å². The number of rotatable bonds is 6. The Balaban J connectivity index is 1.84. The molecule has 0 saturated heterocycles. The van der Waals surface area contributed by atoms with Crippen LogP contribution < -0.4 is 0 Å². The van der Waals surface area contributed by atoms with Gasteiger partial charge in [-0.05, 0) is 90.2 Å². The molecule has 138 valence electrons. The van der Waals surface area contributed by atoms with Crippen molar-refractivity contribution >= 4 is 0 Å². The number of hydrogen-bond acceptors (Lipinski definition) is 2. The van der Waals surface area contributed by atoms with Gasteiger partial charge in [0.1, 0.15) is 0 Å². The van der Waals surface area contributed by atoms with Gasteiger partial charge in [-0.2, -0.15) is 0 Å². The monoisotopic (exact) mass is 334 g/mol. The van der Waals surface area contributed by atoms with Crippen molar-refractivity contribution in [2.75, 3.05) is 0 Å². The van der Waals surface area contributed by atoms with E-state index in [9.17, 15) is 0 Å². The van der Waals surface area contributed by atoms with Crippen molar-refractivity contribution in [1.82, 2.24) is 0 Å². The first-order valence-corrected chi connectivity index (χ1v) is 10.1. The van der Waals surface area contributed by atoms with Crippen molar-refractivity contribution in [2.24, 2.45) is 5.92 Å². The van der Waals surface area contributed by atoms with Crippen molar-refractivity contribution in [2.45, 2.75) is 111 Å². The molecule has 0 N–H and O–H groups in total. The molecule has 2 fully saturated rings. The van der Waals surface area contributed by atoms with E-state index in [0.29, 0.717) is 12.2 Å². The SMILES string of the molecule is CC(C)=C(C)O/C(C)=C(/C)CC1CCCC(OC2CCCCC2)C1. The van der Waals surface area contributed by atoms with Gasteiger partial charge in [-0.1, -0.05) is 25.7 Å². The average Bonchev–Trinajstić information content (AvgIpc) is 2.55. The fourth-order valence-electron chi connectivity index (χ4n) is 4.02. The van der Waals surface area contributed by atoms with Gasteiger partial charge in [0, 0.05) is 0 Å². The fourth-order valence-corrected chi connectivity index (χ4v) is 4.02. The smallest absolute Gasteiger partial charge is 0.0994 e. The van der Waals surface area contributed by atoms with Crippen LogP contribution in [0, 0.1) is 5.92 Å². The zero-order valence-corrected chi connectivity index (χ0v) is 16.6. The van der Waals surface area contributed by atoms with Crippen LogP contribution in [0.2, 0.25) is 0 Å². The molecule has 0 aromatic carbocycles. The molecule has 2 rings (SSSR count). The zero-order chi connectivity index (χ0) is 17.5. The van der Waals surface area contributed by atoms with E-state index < -0.39 is 0 Å². The second-order valence-electron chi connectivity index (χ2n) is 8.25. The van der Waals surface area contributed by atoms with Crippen LogP contribution in [0.5, 0.6) is 0 Å². The second-order valence-corrected chi connectivity index (χ2v) is 8.25. The third-order valence-electron chi connectivity index (χ3n) is 5.88. The summed E-state index contributed by atoms with van der Waals surface area (Å²) in [6.07, 6.45) is 14.1. The van der Waals surface area contributed by atoms with Gasteiger partial charge in [-0.3, -0.25) is 0 Å². The van der Waals surface area contributed by atoms with Crippen LogP contribution in [-0.4, -0.2) is 12.2 Å². The van der Waals surface area contributed by atoms with E-state index in [1.807, 2.05) is 0 Å². The summed E-state index contributed by atoms with van der Waals surface area (Å²) in [5.41, 5.74) is 2.65. The van der Waals surface area contributed by atoms with Gasteiger partial charge in [0.25, 0.3) is 0 Å². The molecule has 0 radical (unpaired) electrons. The normalized spacial score (nSPS) is 26.7. The molecule has 0 spiro atoms. The number of ether oxygens (including phenoxy) is 2. The lowest BCUT2D eigenvalue weighted by atomic mass is 9.83. The Morgan fingerprint density at radius 3 is 2.08 bits per heavy atom. The molecular formula is C22H38O2. The molecule has 0 aromatic heterocycles. The van der Waals surface area contributed by atoms with E-state index in [2.05, 4.69) is 34.6 Å². The molecule has 2 heteroatoms. The molecular weight excluding hydrogens is 296 g/mol. The Labute approximate surface area is 149 Å². The highest BCUT2D eigenvalue weighted by molar-refractivity contribution is 5.10. The highest BCUT2D eigenvalue weighted by atomic mass is 16.5. The lowest BCUT2D eigenvalue weighted by Gasteiger charge is -2.33. The Bertz CT molecular complexity index is 451. The van der Waals surface area contributed by atoms with Crippen molar-refractivity contribution < 1.29 is 9.47 Å². The predicted octanol–water partition coefficient (Wildman–Crippen LogP) is 6.91. The summed E-state index contributed by atoms with van der Waals surface area (Å²) in [4.78, 5) is 0. The van der Waals surface area contributed by atoms with Crippen LogP contribution in [0.1, 0.15) is 98.8 Å². The third kappa shape index (κ3) is 6.27. The molecule has 0 aromatic rings. The Morgan fingerprint density at radius 2 is 1.42 bits per heavy atom. The minimum Gasteiger partial charge on any atom is -0.467 e. The number of hydrogen-bond donors (Lipinski definition) is 0. The first kappa shape index (κ1) is 19.6. The molecule has 2 saturated carbocycles. The Morgan fingerprint density at radius 1 is 0.750 bits per heavy atom. The third-order valence-corrected chi connectivity index (χ3v) is 5.88. The summed E-state index contributed by atoms with van der Waals surface area (Å²) in [6.45, 7) is 10.6. The number of allylic oxidation sites excluding steroid dienone is 4. The van der Waals surface area contributed by atoms with Gasteiger partial charge in [-0.25, -0.2) is 0 Å². The van der Waals surface area contributed by atoms with Gasteiger partial charge in [0.15, 0.2) is 0 Å². The minimum absolute atomic E-state index is 0.500. The molecule has 0 amide bonds. The lowest BCUT2D eigenvalue weighted by Crippen LogP contribution is -2.29. The molecule has 2 atom stereocenters. The van der Waals surface area contributed by atoms with Crippen LogP contribution in [0.15, 0.2) is 22.7 Å². The summed E-state index contributed by atoms with van der Waals surface area (Å²) < 4.78 is 12.4. The maximum atomic E-state index is 6.45. The van der Waals surface area contributed by atoms with E-state index in [1.165, 1.54) is 68.9 Å². The topological polar surface area (TPSA) is 18.5 Å². The second kappa shape index (κ2) is 9.65. The zero-order valence-electron chi connectivity index (χ0n) is 16.6. The molecule has 2 nitrogen and oxygen atoms in total. The summed E-state index contributed by atoms with van der Waals surface area (Å²) in [5.74, 6) is 2.89. The molecule has 0 bridgehead atoms. The molecule has 2 aliphatic carbocycles. The molecule has 0 heterocycles. The highest BCUT2D eigenvalue weighted by Crippen LogP contribution is 2.34. The fraction of sp³-hybridized carbons (Fsp3) is 0.818. The molecule has 0 aliphatic heterocycles. The van der Waals surface area contributed by atoms with Crippen LogP contribution in [-0.2, 0) is 9.47 Å². The molecule has 24 heavy (non-hydrogen) atoms. The lowest BCUT2D eigenvalue weighted by molar-refractivity contribution is -0.0542. The first-order valence-electron chi connectivity index (χ1n) is 10.1. The van der Waals surface area contributed by atoms with Crippen LogP contribution in [0.4, 0.5) is 0 Å². The maximum absolute atomic E-state index is 6.45. The van der Waals surface area contributed by atoms with Crippen molar-refractivity contribution in [3.63, 3.8) is 0 Å². The van der Waals surface area contributed by atoms with E-state index >= 15 is 0 Å². The van der Waals surface area contributed by atoms with Crippen LogP contribution in [0.25, 0.3) is 0 Å². The largest absolute Gasteiger partial charge is 0.467 e. The van der Waals surface area contributed by atoms with Gasteiger partial charge < -0.3 is 9.47 Å². The van der Waals surface area contributed by atoms with E-state index in [-0.39, 0.29) is 0 Å². The summed E-state index contributed by atoms with van der Waals surface area (Å²) in [5, 5.41) is 0. The van der Waals surface area contributed by atoms with E-state index in [1.54, 1.807) is 0 Å². The van der Waals surface area contributed by atoms with Crippen molar-refractivity contribution in [3.05, 3.63) is 22.7 Å². The van der Waals surface area contributed by atoms with Gasteiger partial charge >= 0.3 is 0 Å². The van der Waals surface area contributed by atoms with Gasteiger partial charge in [0.05, 0.1) is 23.7 Å². The summed E-state index contributed by atoms with van der Waals surface area (Å²) >= 11 is 0. The Kier molecular flexibility index (Phi) is 7.87. The molecule has 2 aliphatic rings. The van der Waals surface area contributed by atoms with Crippen LogP contribution in [0.3, 0.4) is 0 Å². The predicted molar refractivity (Wildman–Crippen MR) is 102 cm³/mol. The van der Waals surface area contributed by atoms with Gasteiger partial charge in [-0.15, -0.1) is 0 Å².